The summed E-state index contributed by atoms with van der Waals surface area (Å²) in [4.78, 5) is 17.5. The van der Waals surface area contributed by atoms with Gasteiger partial charge in [0.1, 0.15) is 11.6 Å². The van der Waals surface area contributed by atoms with Crippen molar-refractivity contribution >= 4 is 23.6 Å². The van der Waals surface area contributed by atoms with Crippen LogP contribution in [0.5, 0.6) is 11.5 Å². The zero-order chi connectivity index (χ0) is 30.1. The number of carboxylic acid groups (broad SMARTS) is 1. The number of aliphatic carboxylic acids is 1. The predicted molar refractivity (Wildman–Crippen MR) is 145 cm³/mol. The van der Waals surface area contributed by atoms with E-state index in [0.29, 0.717) is 42.7 Å². The first-order chi connectivity index (χ1) is 19.9. The number of benzene rings is 2. The lowest BCUT2D eigenvalue weighted by atomic mass is 9.88. The van der Waals surface area contributed by atoms with E-state index in [1.54, 1.807) is 25.1 Å². The number of piperidine rings is 1. The molecule has 224 valence electrons. The normalized spacial score (nSPS) is 19.6. The Morgan fingerprint density at radius 2 is 2.00 bits per heavy atom. The number of imidazole rings is 1. The van der Waals surface area contributed by atoms with E-state index in [0.717, 1.165) is 24.5 Å². The van der Waals surface area contributed by atoms with E-state index in [4.69, 9.17) is 26.2 Å². The maximum Gasteiger partial charge on any atom is 0.522 e. The zero-order valence-corrected chi connectivity index (χ0v) is 23.3. The second-order valence-corrected chi connectivity index (χ2v) is 10.7. The standard InChI is InChI=1S/C29H28ClF4N3O5/c1-28(22-7-5-19(30)15-23(22)31)41-24-4-2-3-21(27(24)42-28)18-9-11-36(12-10-18)17-25-35-16-20(6-8-26(38)39)37(25)13-14-40-29(32,33)34/h2-8,15-16,18H,9-14,17H2,1H3,(H,38,39)/b8-6+. The minimum absolute atomic E-state index is 0.131. The molecule has 1 saturated heterocycles. The molecule has 1 aromatic heterocycles. The zero-order valence-electron chi connectivity index (χ0n) is 22.5. The van der Waals surface area contributed by atoms with Gasteiger partial charge in [0, 0.05) is 30.1 Å². The molecular weight excluding hydrogens is 582 g/mol. The lowest BCUT2D eigenvalue weighted by Crippen LogP contribution is -2.34. The van der Waals surface area contributed by atoms with Gasteiger partial charge in [0.25, 0.3) is 5.79 Å². The number of carboxylic acids is 1. The van der Waals surface area contributed by atoms with Gasteiger partial charge in [-0.1, -0.05) is 23.7 Å². The van der Waals surface area contributed by atoms with Crippen molar-refractivity contribution < 1.29 is 41.7 Å². The van der Waals surface area contributed by atoms with Crippen LogP contribution >= 0.6 is 11.6 Å². The molecule has 8 nitrogen and oxygen atoms in total. The van der Waals surface area contributed by atoms with Crippen molar-refractivity contribution in [2.24, 2.45) is 0 Å². The van der Waals surface area contributed by atoms with E-state index in [1.807, 2.05) is 12.1 Å². The Morgan fingerprint density at radius 3 is 2.69 bits per heavy atom. The van der Waals surface area contributed by atoms with Gasteiger partial charge in [-0.05, 0) is 62.2 Å². The molecule has 2 aromatic carbocycles. The third kappa shape index (κ3) is 6.71. The van der Waals surface area contributed by atoms with Crippen molar-refractivity contribution in [3.05, 3.63) is 82.2 Å². The van der Waals surface area contributed by atoms with Crippen molar-refractivity contribution in [1.82, 2.24) is 14.5 Å². The smallest absolute Gasteiger partial charge is 0.478 e. The monoisotopic (exact) mass is 609 g/mol. The molecule has 0 radical (unpaired) electrons. The van der Waals surface area contributed by atoms with Crippen LogP contribution in [0.3, 0.4) is 0 Å². The molecule has 13 heteroatoms. The molecule has 1 fully saturated rings. The molecule has 3 heterocycles. The molecule has 0 aliphatic carbocycles. The fraction of sp³-hybridized carbons (Fsp3) is 0.379. The summed E-state index contributed by atoms with van der Waals surface area (Å²) in [6.45, 7) is 2.58. The summed E-state index contributed by atoms with van der Waals surface area (Å²) in [5.74, 6) is -1.34. The number of nitrogens with zero attached hydrogens (tertiary/aromatic N) is 3. The van der Waals surface area contributed by atoms with Crippen LogP contribution < -0.4 is 9.47 Å². The lowest BCUT2D eigenvalue weighted by molar-refractivity contribution is -0.325. The largest absolute Gasteiger partial charge is 0.522 e. The van der Waals surface area contributed by atoms with Crippen LogP contribution in [0.2, 0.25) is 5.02 Å². The molecule has 42 heavy (non-hydrogen) atoms. The van der Waals surface area contributed by atoms with Gasteiger partial charge < -0.3 is 19.1 Å². The quantitative estimate of drug-likeness (QED) is 0.224. The molecule has 0 bridgehead atoms. The highest BCUT2D eigenvalue weighted by molar-refractivity contribution is 6.30. The highest BCUT2D eigenvalue weighted by atomic mass is 35.5. The maximum absolute atomic E-state index is 14.7. The number of aromatic nitrogens is 2. The average Bonchev–Trinajstić information content (AvgIpc) is 3.47. The third-order valence-electron chi connectivity index (χ3n) is 7.37. The second-order valence-electron chi connectivity index (χ2n) is 10.2. The number of likely N-dealkylation sites (tertiary alicyclic amines) is 1. The molecule has 1 atom stereocenters. The van der Waals surface area contributed by atoms with E-state index in [9.17, 15) is 22.4 Å². The van der Waals surface area contributed by atoms with Crippen LogP contribution in [-0.4, -0.2) is 51.6 Å². The van der Waals surface area contributed by atoms with Gasteiger partial charge >= 0.3 is 12.3 Å². The van der Waals surface area contributed by atoms with Gasteiger partial charge in [-0.15, -0.1) is 13.2 Å². The highest BCUT2D eigenvalue weighted by Gasteiger charge is 2.43. The summed E-state index contributed by atoms with van der Waals surface area (Å²) >= 11 is 5.92. The molecule has 5 rings (SSSR count). The first kappa shape index (κ1) is 29.9. The summed E-state index contributed by atoms with van der Waals surface area (Å²) in [6, 6.07) is 9.97. The first-order valence-electron chi connectivity index (χ1n) is 13.3. The number of hydrogen-bond acceptors (Lipinski definition) is 6. The minimum Gasteiger partial charge on any atom is -0.478 e. The topological polar surface area (TPSA) is 86.1 Å². The molecule has 1 N–H and O–H groups in total. The Bertz CT molecular complexity index is 1490. The number of fused-ring (bicyclic) bond motifs is 1. The number of para-hydroxylation sites is 1. The Morgan fingerprint density at radius 1 is 1.24 bits per heavy atom. The molecule has 2 aliphatic heterocycles. The van der Waals surface area contributed by atoms with Crippen LogP contribution in [0, 0.1) is 5.82 Å². The van der Waals surface area contributed by atoms with Gasteiger partial charge in [0.05, 0.1) is 30.6 Å². The minimum atomic E-state index is -4.77. The summed E-state index contributed by atoms with van der Waals surface area (Å²) in [6.07, 6.45) is 0.377. The Balaban J connectivity index is 1.26. The maximum atomic E-state index is 14.7. The Hall–Kier alpha value is -3.61. The molecule has 0 amide bonds. The molecule has 3 aromatic rings. The molecule has 0 saturated carbocycles. The predicted octanol–water partition coefficient (Wildman–Crippen LogP) is 6.33. The Kier molecular flexibility index (Phi) is 8.49. The van der Waals surface area contributed by atoms with E-state index in [-0.39, 0.29) is 23.0 Å². The van der Waals surface area contributed by atoms with Gasteiger partial charge in [-0.3, -0.25) is 9.64 Å². The van der Waals surface area contributed by atoms with Crippen molar-refractivity contribution in [1.29, 1.82) is 0 Å². The van der Waals surface area contributed by atoms with Crippen LogP contribution in [0.4, 0.5) is 17.6 Å². The van der Waals surface area contributed by atoms with Gasteiger partial charge in [-0.25, -0.2) is 14.2 Å². The van der Waals surface area contributed by atoms with Gasteiger partial charge in [0.2, 0.25) is 0 Å². The van der Waals surface area contributed by atoms with E-state index < -0.39 is 30.5 Å². The number of ether oxygens (including phenoxy) is 3. The van der Waals surface area contributed by atoms with Crippen molar-refractivity contribution in [3.63, 3.8) is 0 Å². The summed E-state index contributed by atoms with van der Waals surface area (Å²) in [5, 5.41) is 9.24. The van der Waals surface area contributed by atoms with E-state index in [1.165, 1.54) is 22.9 Å². The molecule has 1 unspecified atom stereocenters. The number of rotatable bonds is 9. The highest BCUT2D eigenvalue weighted by Crippen LogP contribution is 2.49. The molecule has 0 spiro atoms. The molecule has 2 aliphatic rings. The van der Waals surface area contributed by atoms with E-state index in [2.05, 4.69) is 14.6 Å². The number of carbonyl (C=O) groups is 1. The number of alkyl halides is 3. The lowest BCUT2D eigenvalue weighted by Gasteiger charge is -2.32. The van der Waals surface area contributed by atoms with Crippen LogP contribution in [0.1, 0.15) is 48.3 Å². The summed E-state index contributed by atoms with van der Waals surface area (Å²) < 4.78 is 70.2. The van der Waals surface area contributed by atoms with Crippen LogP contribution in [0.25, 0.3) is 6.08 Å². The summed E-state index contributed by atoms with van der Waals surface area (Å²) in [7, 11) is 0. The Labute approximate surface area is 244 Å². The van der Waals surface area contributed by atoms with E-state index >= 15 is 0 Å². The fourth-order valence-electron chi connectivity index (χ4n) is 5.39. The second kappa shape index (κ2) is 11.9. The van der Waals surface area contributed by atoms with Crippen molar-refractivity contribution in [2.75, 3.05) is 19.7 Å². The number of halogens is 5. The van der Waals surface area contributed by atoms with Gasteiger partial charge in [0.15, 0.2) is 11.5 Å². The SMILES string of the molecule is CC1(c2ccc(Cl)cc2F)Oc2cccc(C3CCN(Cc4ncc(/C=C/C(=O)O)n4CCOC(F)(F)F)CC3)c2O1. The summed E-state index contributed by atoms with van der Waals surface area (Å²) in [5.41, 5.74) is 1.56. The third-order valence-corrected chi connectivity index (χ3v) is 7.61. The first-order valence-corrected chi connectivity index (χ1v) is 13.6. The fourth-order valence-corrected chi connectivity index (χ4v) is 5.55. The number of hydrogen-bond donors (Lipinski definition) is 1. The molecular formula is C29H28ClF4N3O5. The van der Waals surface area contributed by atoms with Gasteiger partial charge in [-0.2, -0.15) is 0 Å². The van der Waals surface area contributed by atoms with Crippen LogP contribution in [-0.2, 0) is 28.4 Å². The van der Waals surface area contributed by atoms with Crippen LogP contribution in [0.15, 0.2) is 48.7 Å². The van der Waals surface area contributed by atoms with Crippen molar-refractivity contribution in [2.45, 2.75) is 50.9 Å². The van der Waals surface area contributed by atoms with Crippen molar-refractivity contribution in [3.8, 4) is 11.5 Å². The average molecular weight is 610 g/mol.